The zero-order valence-electron chi connectivity index (χ0n) is 32.2. The molecule has 8 nitrogen and oxygen atoms in total. The Bertz CT molecular complexity index is 1930. The molecule has 0 radical (unpaired) electrons. The third-order valence-electron chi connectivity index (χ3n) is 12.0. The fourth-order valence-electron chi connectivity index (χ4n) is 9.17. The van der Waals surface area contributed by atoms with Gasteiger partial charge in [0.15, 0.2) is 29.2 Å². The van der Waals surface area contributed by atoms with Crippen molar-refractivity contribution in [2.24, 2.45) is 35.3 Å². The number of nitrogens with one attached hydrogen (secondary N) is 1. The summed E-state index contributed by atoms with van der Waals surface area (Å²) in [6, 6.07) is 21.9. The number of phenols is 1. The number of methoxy groups -OCH3 is 1. The fraction of sp³-hybridized carbons (Fsp3) is 0.447. The topological polar surface area (TPSA) is 142 Å². The van der Waals surface area contributed by atoms with Crippen LogP contribution < -0.4 is 15.8 Å². The number of allylic oxidation sites excluding steroid dienone is 2. The van der Waals surface area contributed by atoms with Gasteiger partial charge in [0.25, 0.3) is 0 Å². The lowest BCUT2D eigenvalue weighted by Crippen LogP contribution is -2.39. The van der Waals surface area contributed by atoms with Crippen LogP contribution >= 0.6 is 0 Å². The highest BCUT2D eigenvalue weighted by Crippen LogP contribution is 2.45. The number of aryl methyl sites for hydroxylation is 2. The molecule has 3 aromatic carbocycles. The molecule has 6 N–H and O–H groups in total. The summed E-state index contributed by atoms with van der Waals surface area (Å²) in [5.74, 6) is 5.78. The zero-order valence-corrected chi connectivity index (χ0v) is 32.2. The number of aliphatic hydroxyl groups excluding tert-OH is 2. The number of nitrogens with two attached hydrogens (primary N) is 1. The highest BCUT2D eigenvalue weighted by atomic mass is 16.5. The number of rotatable bonds is 11. The molecule has 7 atom stereocenters. The van der Waals surface area contributed by atoms with E-state index in [2.05, 4.69) is 42.3 Å². The van der Waals surface area contributed by atoms with E-state index in [9.17, 15) is 24.9 Å². The van der Waals surface area contributed by atoms with Crippen molar-refractivity contribution in [1.82, 2.24) is 5.32 Å². The van der Waals surface area contributed by atoms with Gasteiger partial charge in [-0.15, -0.1) is 0 Å². The fourth-order valence-corrected chi connectivity index (χ4v) is 9.17. The molecule has 6 rings (SSSR count). The number of phenolic OH excluding ortho intramolecular Hbond substituents is 1. The number of carbonyl (C=O) groups is 2. The third-order valence-corrected chi connectivity index (χ3v) is 12.0. The maximum Gasteiger partial charge on any atom is 0.173 e. The van der Waals surface area contributed by atoms with Crippen LogP contribution in [0.15, 0.2) is 90.3 Å². The number of carbonyl (C=O) groups excluding carboxylic acids is 2. The Morgan fingerprint density at radius 1 is 0.982 bits per heavy atom. The van der Waals surface area contributed by atoms with E-state index in [4.69, 9.17) is 10.5 Å². The van der Waals surface area contributed by atoms with Gasteiger partial charge in [0.05, 0.1) is 18.8 Å². The van der Waals surface area contributed by atoms with Gasteiger partial charge in [0.1, 0.15) is 0 Å². The van der Waals surface area contributed by atoms with Crippen molar-refractivity contribution >= 4 is 11.6 Å². The van der Waals surface area contributed by atoms with Crippen LogP contribution in [0.2, 0.25) is 0 Å². The molecule has 1 aliphatic heterocycles. The lowest BCUT2D eigenvalue weighted by atomic mass is 9.75. The van der Waals surface area contributed by atoms with E-state index < -0.39 is 35.4 Å². The number of dihydropyridines is 1. The van der Waals surface area contributed by atoms with Crippen molar-refractivity contribution in [3.05, 3.63) is 118 Å². The molecule has 1 fully saturated rings. The van der Waals surface area contributed by atoms with Gasteiger partial charge in [-0.2, -0.15) is 0 Å². The molecule has 1 heterocycles. The quantitative estimate of drug-likeness (QED) is 0.110. The van der Waals surface area contributed by atoms with Gasteiger partial charge in [-0.05, 0) is 109 Å². The minimum Gasteiger partial charge on any atom is -0.504 e. The summed E-state index contributed by atoms with van der Waals surface area (Å²) in [5, 5.41) is 37.1. The molecule has 55 heavy (non-hydrogen) atoms. The Morgan fingerprint density at radius 3 is 2.42 bits per heavy atom. The molecule has 0 saturated heterocycles. The maximum absolute atomic E-state index is 14.4. The molecule has 2 aliphatic carbocycles. The van der Waals surface area contributed by atoms with E-state index in [0.29, 0.717) is 49.4 Å². The first-order valence-corrected chi connectivity index (χ1v) is 20.0. The van der Waals surface area contributed by atoms with Crippen molar-refractivity contribution < 1.29 is 29.6 Å². The predicted octanol–water partition coefficient (Wildman–Crippen LogP) is 6.54. The minimum atomic E-state index is -1.77. The molecule has 1 saturated carbocycles. The van der Waals surface area contributed by atoms with Gasteiger partial charge in [-0.1, -0.05) is 91.9 Å². The molecule has 0 bridgehead atoms. The van der Waals surface area contributed by atoms with Gasteiger partial charge in [-0.3, -0.25) is 9.59 Å². The second kappa shape index (κ2) is 18.7. The Labute approximate surface area is 325 Å². The van der Waals surface area contributed by atoms with Crippen LogP contribution in [0.4, 0.5) is 0 Å². The Morgan fingerprint density at radius 2 is 1.73 bits per heavy atom. The van der Waals surface area contributed by atoms with Crippen LogP contribution in [0, 0.1) is 41.4 Å². The van der Waals surface area contributed by atoms with E-state index in [1.165, 1.54) is 7.11 Å². The molecule has 7 unspecified atom stereocenters. The molecular weight excluding hydrogens is 689 g/mol. The first kappa shape index (κ1) is 39.8. The largest absolute Gasteiger partial charge is 0.504 e. The summed E-state index contributed by atoms with van der Waals surface area (Å²) in [5.41, 5.74) is 11.7. The number of hydrogen-bond acceptors (Lipinski definition) is 8. The standard InChI is InChI=1S/C47H56N2O6/c1-3-10-36(29-50)37-25-32(23-31-21-22-49-43(48)26-31)24-34-16-19-38(33-13-8-5-9-14-33)44-35(17-20-41(51)47(54)46(53)40(34)27-37)28-42(55-2)45(52)39(44)18-15-30-11-6-4-7-12-30/h4-9,11-14,21,26,28,32,34,36-38,40,47,49-50,52,54H,3,10,15,17-18,20,22-25,27,29,48H2,1-2H3. The van der Waals surface area contributed by atoms with E-state index in [-0.39, 0.29) is 43.0 Å². The molecule has 0 aromatic heterocycles. The smallest absolute Gasteiger partial charge is 0.173 e. The Hall–Kier alpha value is -4.84. The number of Topliss-reactive ketones (excluding diaryl/α,β-unsaturated/α-hetero) is 2. The van der Waals surface area contributed by atoms with Crippen molar-refractivity contribution in [2.45, 2.75) is 83.2 Å². The first-order chi connectivity index (χ1) is 26.7. The van der Waals surface area contributed by atoms with Crippen molar-refractivity contribution in [1.29, 1.82) is 0 Å². The highest BCUT2D eigenvalue weighted by molar-refractivity contribution is 6.06. The summed E-state index contributed by atoms with van der Waals surface area (Å²) >= 11 is 0. The summed E-state index contributed by atoms with van der Waals surface area (Å²) in [6.07, 6.45) is 7.96. The lowest BCUT2D eigenvalue weighted by Gasteiger charge is -2.29. The van der Waals surface area contributed by atoms with Crippen molar-refractivity contribution in [3.63, 3.8) is 0 Å². The zero-order chi connectivity index (χ0) is 38.9. The number of aliphatic hydroxyl groups is 2. The van der Waals surface area contributed by atoms with Gasteiger partial charge in [0, 0.05) is 37.0 Å². The van der Waals surface area contributed by atoms with Crippen LogP contribution in [0.25, 0.3) is 0 Å². The summed E-state index contributed by atoms with van der Waals surface area (Å²) in [7, 11) is 1.52. The van der Waals surface area contributed by atoms with E-state index in [1.54, 1.807) is 6.07 Å². The number of ether oxygens (including phenoxy) is 1. The second-order valence-corrected chi connectivity index (χ2v) is 15.6. The van der Waals surface area contributed by atoms with Gasteiger partial charge < -0.3 is 31.1 Å². The molecule has 0 amide bonds. The lowest BCUT2D eigenvalue weighted by molar-refractivity contribution is -0.142. The molecule has 0 spiro atoms. The van der Waals surface area contributed by atoms with Crippen molar-refractivity contribution in [3.8, 4) is 23.3 Å². The number of hydrogen-bond donors (Lipinski definition) is 5. The Kier molecular flexibility index (Phi) is 13.5. The number of fused-ring (bicyclic) bond motifs is 2. The van der Waals surface area contributed by atoms with Gasteiger partial charge >= 0.3 is 0 Å². The first-order valence-electron chi connectivity index (χ1n) is 20.0. The predicted molar refractivity (Wildman–Crippen MR) is 215 cm³/mol. The number of ketones is 2. The normalized spacial score (nSPS) is 24.9. The molecular formula is C47H56N2O6. The second-order valence-electron chi connectivity index (χ2n) is 15.6. The maximum atomic E-state index is 14.4. The van der Waals surface area contributed by atoms with Crippen LogP contribution in [-0.4, -0.2) is 53.3 Å². The SMILES string of the molecule is CCCC(CO)C1CC(CC2=CCNC(N)=C2)CC2C#CC(c3ccccc3)c3c(cc(OC)c(O)c3CCc3ccccc3)CCC(=O)C(O)C(=O)C2C1. The Balaban J connectivity index is 1.53. The van der Waals surface area contributed by atoms with Crippen LogP contribution in [0.1, 0.15) is 85.6 Å². The third kappa shape index (κ3) is 9.52. The molecule has 290 valence electrons. The monoisotopic (exact) mass is 744 g/mol. The molecule has 3 aromatic rings. The molecule has 3 aliphatic rings. The van der Waals surface area contributed by atoms with E-state index in [0.717, 1.165) is 53.5 Å². The minimum absolute atomic E-state index is 0.00852. The highest BCUT2D eigenvalue weighted by Gasteiger charge is 2.42. The number of aromatic hydroxyl groups is 1. The van der Waals surface area contributed by atoms with Gasteiger partial charge in [0.2, 0.25) is 0 Å². The number of benzene rings is 3. The summed E-state index contributed by atoms with van der Waals surface area (Å²) in [6.45, 7) is 2.75. The van der Waals surface area contributed by atoms with E-state index >= 15 is 0 Å². The van der Waals surface area contributed by atoms with E-state index in [1.807, 2.05) is 54.6 Å². The van der Waals surface area contributed by atoms with Crippen LogP contribution in [0.5, 0.6) is 11.5 Å². The van der Waals surface area contributed by atoms with Gasteiger partial charge in [-0.25, -0.2) is 0 Å². The summed E-state index contributed by atoms with van der Waals surface area (Å²) in [4.78, 5) is 28.3. The van der Waals surface area contributed by atoms with Crippen LogP contribution in [-0.2, 0) is 28.9 Å². The molecule has 8 heteroatoms. The average molecular weight is 745 g/mol. The average Bonchev–Trinajstić information content (AvgIpc) is 3.38. The summed E-state index contributed by atoms with van der Waals surface area (Å²) < 4.78 is 5.69. The van der Waals surface area contributed by atoms with Crippen LogP contribution in [0.3, 0.4) is 0 Å². The van der Waals surface area contributed by atoms with Crippen molar-refractivity contribution in [2.75, 3.05) is 20.3 Å².